The average Bonchev–Trinajstić information content (AvgIpc) is 2.72. The molecule has 0 nitrogen and oxygen atoms in total. The van der Waals surface area contributed by atoms with Crippen molar-refractivity contribution >= 4 is 0 Å². The molecule has 2 fully saturated rings. The first-order chi connectivity index (χ1) is 13.9. The van der Waals surface area contributed by atoms with Crippen molar-refractivity contribution in [2.45, 2.75) is 85.0 Å². The third-order valence-corrected chi connectivity index (χ3v) is 8.20. The molecule has 0 heterocycles. The van der Waals surface area contributed by atoms with Crippen molar-refractivity contribution in [3.05, 3.63) is 58.4 Å². The van der Waals surface area contributed by atoms with Crippen LogP contribution < -0.4 is 0 Å². The van der Waals surface area contributed by atoms with E-state index < -0.39 is 0 Å². The van der Waals surface area contributed by atoms with E-state index in [1.54, 1.807) is 0 Å². The van der Waals surface area contributed by atoms with Gasteiger partial charge in [-0.1, -0.05) is 44.0 Å². The zero-order valence-electron chi connectivity index (χ0n) is 18.7. The van der Waals surface area contributed by atoms with Gasteiger partial charge in [-0.05, 0) is 117 Å². The second kappa shape index (κ2) is 8.62. The highest BCUT2D eigenvalue weighted by Crippen LogP contribution is 2.44. The number of hydrogen-bond acceptors (Lipinski definition) is 0. The zero-order valence-corrected chi connectivity index (χ0v) is 18.7. The van der Waals surface area contributed by atoms with Gasteiger partial charge in [0.2, 0.25) is 0 Å². The second-order valence-corrected chi connectivity index (χ2v) is 10.1. The summed E-state index contributed by atoms with van der Waals surface area (Å²) in [6.45, 7) is 8.77. The smallest absolute Gasteiger partial charge is 0.131 e. The van der Waals surface area contributed by atoms with E-state index in [0.717, 1.165) is 28.9 Å². The van der Waals surface area contributed by atoms with Crippen molar-refractivity contribution in [1.82, 2.24) is 0 Å². The Hall–Kier alpha value is -1.63. The Kier molecular flexibility index (Phi) is 6.13. The summed E-state index contributed by atoms with van der Waals surface area (Å²) < 4.78 is 15.1. The van der Waals surface area contributed by atoms with Gasteiger partial charge >= 0.3 is 0 Å². The second-order valence-electron chi connectivity index (χ2n) is 10.1. The summed E-state index contributed by atoms with van der Waals surface area (Å²) in [6, 6.07) is 10.3. The third kappa shape index (κ3) is 4.44. The molecule has 29 heavy (non-hydrogen) atoms. The van der Waals surface area contributed by atoms with Crippen LogP contribution in [0.1, 0.15) is 89.3 Å². The molecule has 0 aromatic heterocycles. The van der Waals surface area contributed by atoms with Crippen LogP contribution in [-0.2, 0) is 0 Å². The van der Waals surface area contributed by atoms with E-state index >= 15 is 4.39 Å². The maximum absolute atomic E-state index is 15.1. The molecule has 2 aliphatic rings. The number of hydrogen-bond donors (Lipinski definition) is 0. The summed E-state index contributed by atoms with van der Waals surface area (Å²) in [5.41, 5.74) is 6.73. The molecule has 0 bridgehead atoms. The molecule has 4 rings (SSSR count). The lowest BCUT2D eigenvalue weighted by Gasteiger charge is -2.37. The molecule has 0 amide bonds. The molecule has 160 valence electrons. The van der Waals surface area contributed by atoms with Gasteiger partial charge in [-0.3, -0.25) is 0 Å². The molecule has 2 saturated carbocycles. The Morgan fingerprint density at radius 2 is 1.31 bits per heavy atom. The van der Waals surface area contributed by atoms with E-state index in [1.165, 1.54) is 73.6 Å². The topological polar surface area (TPSA) is 0 Å². The summed E-state index contributed by atoms with van der Waals surface area (Å²) in [5.74, 6) is 3.29. The van der Waals surface area contributed by atoms with E-state index in [1.807, 2.05) is 12.1 Å². The van der Waals surface area contributed by atoms with Gasteiger partial charge in [0.25, 0.3) is 0 Å². The molecule has 0 saturated heterocycles. The number of rotatable bonds is 3. The van der Waals surface area contributed by atoms with Crippen LogP contribution in [0, 0.1) is 44.3 Å². The summed E-state index contributed by atoms with van der Waals surface area (Å²) in [6.07, 6.45) is 10.9. The molecular weight excluding hydrogens is 355 g/mol. The number of benzene rings is 2. The van der Waals surface area contributed by atoms with E-state index in [9.17, 15) is 0 Å². The lowest BCUT2D eigenvalue weighted by molar-refractivity contribution is 0.165. The fraction of sp³-hybridized carbons (Fsp3) is 0.571. The summed E-state index contributed by atoms with van der Waals surface area (Å²) in [4.78, 5) is 0. The Balaban J connectivity index is 0.00000171. The van der Waals surface area contributed by atoms with Gasteiger partial charge in [-0.2, -0.15) is 0 Å². The first-order valence-electron chi connectivity index (χ1n) is 11.8. The minimum Gasteiger partial charge on any atom is -0.206 e. The van der Waals surface area contributed by atoms with E-state index in [-0.39, 0.29) is 8.67 Å². The lowest BCUT2D eigenvalue weighted by Crippen LogP contribution is -2.24. The van der Waals surface area contributed by atoms with E-state index in [0.29, 0.717) is 5.92 Å². The van der Waals surface area contributed by atoms with Crippen molar-refractivity contribution in [2.24, 2.45) is 17.8 Å². The van der Waals surface area contributed by atoms with Gasteiger partial charge in [0.1, 0.15) is 5.82 Å². The quantitative estimate of drug-likeness (QED) is 0.485. The Bertz CT molecular complexity index is 836. The Morgan fingerprint density at radius 3 is 1.86 bits per heavy atom. The van der Waals surface area contributed by atoms with Crippen LogP contribution in [0.25, 0.3) is 11.1 Å². The summed E-state index contributed by atoms with van der Waals surface area (Å²) >= 11 is 0. The van der Waals surface area contributed by atoms with Crippen LogP contribution in [-0.4, -0.2) is 0 Å². The normalized spacial score (nSPS) is 27.8. The summed E-state index contributed by atoms with van der Waals surface area (Å²) in [7, 11) is 0. The molecule has 1 heteroatoms. The van der Waals surface area contributed by atoms with Crippen LogP contribution in [0.15, 0.2) is 30.3 Å². The van der Waals surface area contributed by atoms with Gasteiger partial charge < -0.3 is 0 Å². The molecule has 0 atom stereocenters. The highest BCUT2D eigenvalue weighted by Gasteiger charge is 2.30. The van der Waals surface area contributed by atoms with Crippen LogP contribution in [0.2, 0.25) is 0 Å². The minimum absolute atomic E-state index is 0. The van der Waals surface area contributed by atoms with Crippen molar-refractivity contribution < 1.29 is 7.24 Å². The van der Waals surface area contributed by atoms with Gasteiger partial charge in [-0.15, -0.1) is 0 Å². The molecule has 2 aliphatic carbocycles. The van der Waals surface area contributed by atoms with Crippen LogP contribution in [0.5, 0.6) is 0 Å². The Morgan fingerprint density at radius 1 is 0.759 bits per heavy atom. The Labute approximate surface area is 179 Å². The van der Waals surface area contributed by atoms with E-state index in [2.05, 4.69) is 45.9 Å². The van der Waals surface area contributed by atoms with Crippen molar-refractivity contribution in [2.75, 3.05) is 0 Å². The fourth-order valence-corrected chi connectivity index (χ4v) is 5.89. The number of halogens is 1. The molecule has 0 spiro atoms. The molecule has 0 radical (unpaired) electrons. The molecule has 0 unspecified atom stereocenters. The predicted octanol–water partition coefficient (Wildman–Crippen LogP) is 9.01. The zero-order chi connectivity index (χ0) is 20.5. The van der Waals surface area contributed by atoms with Crippen LogP contribution in [0.4, 0.5) is 4.39 Å². The largest absolute Gasteiger partial charge is 0.206 e. The SMILES string of the molecule is Cc1cc(-c2ccc(C3CCC(C4CCC(C)CC4)CC3)cc2F)cc(C)c1C.[HH].[HH]. The van der Waals surface area contributed by atoms with Crippen molar-refractivity contribution in [3.63, 3.8) is 0 Å². The number of aryl methyl sites for hydroxylation is 2. The lowest BCUT2D eigenvalue weighted by atomic mass is 9.68. The maximum atomic E-state index is 15.1. The first kappa shape index (κ1) is 20.6. The molecule has 2 aromatic rings. The molecule has 2 aromatic carbocycles. The van der Waals surface area contributed by atoms with Crippen LogP contribution >= 0.6 is 0 Å². The average molecular weight is 397 g/mol. The minimum atomic E-state index is -0.0615. The van der Waals surface area contributed by atoms with Crippen LogP contribution in [0.3, 0.4) is 0 Å². The van der Waals surface area contributed by atoms with Gasteiger partial charge in [0.05, 0.1) is 0 Å². The molecule has 0 N–H and O–H groups in total. The molecular formula is C28H41F. The monoisotopic (exact) mass is 396 g/mol. The van der Waals surface area contributed by atoms with Crippen molar-refractivity contribution in [1.29, 1.82) is 0 Å². The third-order valence-electron chi connectivity index (χ3n) is 8.20. The highest BCUT2D eigenvalue weighted by molar-refractivity contribution is 5.67. The predicted molar refractivity (Wildman–Crippen MR) is 126 cm³/mol. The maximum Gasteiger partial charge on any atom is 0.131 e. The highest BCUT2D eigenvalue weighted by atomic mass is 19.1. The van der Waals surface area contributed by atoms with E-state index in [4.69, 9.17) is 0 Å². The van der Waals surface area contributed by atoms with Crippen molar-refractivity contribution in [3.8, 4) is 11.1 Å². The van der Waals surface area contributed by atoms with Gasteiger partial charge in [-0.25, -0.2) is 4.39 Å². The van der Waals surface area contributed by atoms with Gasteiger partial charge in [0.15, 0.2) is 0 Å². The standard InChI is InChI=1S/C28H37F.2H2/c1-18-5-7-22(8-6-18)23-9-11-24(12-10-23)25-13-14-27(28(29)17-25)26-15-19(2)21(4)20(3)16-26;;/h13-18,22-24H,5-12H2,1-4H3;2*1H. The molecule has 0 aliphatic heterocycles. The van der Waals surface area contributed by atoms with Gasteiger partial charge in [0, 0.05) is 8.42 Å². The summed E-state index contributed by atoms with van der Waals surface area (Å²) in [5, 5.41) is 0. The fourth-order valence-electron chi connectivity index (χ4n) is 5.89. The first-order valence-corrected chi connectivity index (χ1v) is 11.8.